The minimum atomic E-state index is -0.533. The lowest BCUT2D eigenvalue weighted by molar-refractivity contribution is 0.0594. The first kappa shape index (κ1) is 12.5. The smallest absolute Gasteiger partial charge is 0.356 e. The molecule has 1 aromatic carbocycles. The number of rotatable bonds is 2. The van der Waals surface area contributed by atoms with Crippen LogP contribution >= 0.6 is 11.6 Å². The summed E-state index contributed by atoms with van der Waals surface area (Å²) in [4.78, 5) is 19.8. The van der Waals surface area contributed by atoms with Gasteiger partial charge in [-0.05, 0) is 12.5 Å². The third kappa shape index (κ3) is 2.49. The highest BCUT2D eigenvalue weighted by Crippen LogP contribution is 2.21. The first-order valence-electron chi connectivity index (χ1n) is 5.30. The second kappa shape index (κ2) is 5.14. The number of carbonyl (C=O) groups excluding carboxylic acids is 1. The van der Waals surface area contributed by atoms with Crippen LogP contribution in [0.4, 0.5) is 0 Å². The highest BCUT2D eigenvalue weighted by Gasteiger charge is 2.13. The topological polar surface area (TPSA) is 52.1 Å². The zero-order valence-corrected chi connectivity index (χ0v) is 10.7. The average Bonchev–Trinajstić information content (AvgIpc) is 2.37. The van der Waals surface area contributed by atoms with Crippen LogP contribution < -0.4 is 0 Å². The van der Waals surface area contributed by atoms with Crippen molar-refractivity contribution in [3.63, 3.8) is 0 Å². The van der Waals surface area contributed by atoms with Gasteiger partial charge in [-0.2, -0.15) is 0 Å². The Morgan fingerprint density at radius 1 is 1.28 bits per heavy atom. The van der Waals surface area contributed by atoms with Gasteiger partial charge in [0.25, 0.3) is 0 Å². The Kier molecular flexibility index (Phi) is 3.58. The van der Waals surface area contributed by atoms with E-state index in [9.17, 15) is 4.79 Å². The molecule has 0 radical (unpaired) electrons. The van der Waals surface area contributed by atoms with E-state index in [1.165, 1.54) is 13.2 Å². The third-order valence-corrected chi connectivity index (χ3v) is 2.67. The van der Waals surface area contributed by atoms with Crippen molar-refractivity contribution < 1.29 is 9.53 Å². The van der Waals surface area contributed by atoms with Crippen LogP contribution in [0.2, 0.25) is 5.15 Å². The number of hydrogen-bond donors (Lipinski definition) is 0. The summed E-state index contributed by atoms with van der Waals surface area (Å²) in [6.07, 6.45) is 0. The van der Waals surface area contributed by atoms with Gasteiger partial charge in [-0.15, -0.1) is 0 Å². The van der Waals surface area contributed by atoms with Gasteiger partial charge < -0.3 is 4.74 Å². The molecule has 1 aromatic heterocycles. The van der Waals surface area contributed by atoms with Gasteiger partial charge in [0.2, 0.25) is 0 Å². The normalized spacial score (nSPS) is 10.2. The Morgan fingerprint density at radius 2 is 2.00 bits per heavy atom. The monoisotopic (exact) mass is 262 g/mol. The lowest BCUT2D eigenvalue weighted by Crippen LogP contribution is -2.06. The van der Waals surface area contributed by atoms with Gasteiger partial charge in [0, 0.05) is 11.6 Å². The zero-order chi connectivity index (χ0) is 13.1. The lowest BCUT2D eigenvalue weighted by Gasteiger charge is -2.06. The molecule has 0 bridgehead atoms. The van der Waals surface area contributed by atoms with E-state index < -0.39 is 5.97 Å². The Labute approximate surface area is 110 Å². The Balaban J connectivity index is 2.55. The number of esters is 1. The van der Waals surface area contributed by atoms with Crippen molar-refractivity contribution in [3.05, 3.63) is 46.7 Å². The SMILES string of the molecule is COC(=O)c1cc(Cl)nc(-c2ccccc2C)n1. The second-order valence-electron chi connectivity index (χ2n) is 3.71. The predicted molar refractivity (Wildman–Crippen MR) is 68.6 cm³/mol. The molecule has 4 nitrogen and oxygen atoms in total. The van der Waals surface area contributed by atoms with Crippen LogP contribution in [-0.2, 0) is 4.74 Å². The van der Waals surface area contributed by atoms with Crippen LogP contribution in [-0.4, -0.2) is 23.0 Å². The van der Waals surface area contributed by atoms with Gasteiger partial charge in [0.05, 0.1) is 7.11 Å². The molecule has 2 rings (SSSR count). The van der Waals surface area contributed by atoms with Crippen molar-refractivity contribution in [3.8, 4) is 11.4 Å². The van der Waals surface area contributed by atoms with E-state index in [4.69, 9.17) is 11.6 Å². The fourth-order valence-corrected chi connectivity index (χ4v) is 1.75. The van der Waals surface area contributed by atoms with Gasteiger partial charge in [-0.25, -0.2) is 14.8 Å². The quantitative estimate of drug-likeness (QED) is 0.617. The molecular weight excluding hydrogens is 252 g/mol. The van der Waals surface area contributed by atoms with Crippen LogP contribution in [0.5, 0.6) is 0 Å². The van der Waals surface area contributed by atoms with E-state index in [-0.39, 0.29) is 10.8 Å². The third-order valence-electron chi connectivity index (χ3n) is 2.48. The summed E-state index contributed by atoms with van der Waals surface area (Å²) < 4.78 is 4.62. The summed E-state index contributed by atoms with van der Waals surface area (Å²) in [5.74, 6) is -0.116. The maximum atomic E-state index is 11.5. The molecule has 0 fully saturated rings. The highest BCUT2D eigenvalue weighted by molar-refractivity contribution is 6.29. The minimum absolute atomic E-state index is 0.149. The second-order valence-corrected chi connectivity index (χ2v) is 4.09. The molecule has 0 aliphatic carbocycles. The van der Waals surface area contributed by atoms with Crippen molar-refractivity contribution in [2.45, 2.75) is 6.92 Å². The van der Waals surface area contributed by atoms with Gasteiger partial charge in [-0.3, -0.25) is 0 Å². The molecule has 0 atom stereocenters. The summed E-state index contributed by atoms with van der Waals surface area (Å²) in [5.41, 5.74) is 2.00. The number of ether oxygens (including phenoxy) is 1. The molecule has 0 aliphatic heterocycles. The molecule has 0 aliphatic rings. The van der Waals surface area contributed by atoms with Crippen molar-refractivity contribution in [1.82, 2.24) is 9.97 Å². The van der Waals surface area contributed by atoms with Gasteiger partial charge in [-0.1, -0.05) is 35.9 Å². The summed E-state index contributed by atoms with van der Waals surface area (Å²) in [6, 6.07) is 9.00. The Morgan fingerprint density at radius 3 is 2.67 bits per heavy atom. The predicted octanol–water partition coefficient (Wildman–Crippen LogP) is 2.89. The zero-order valence-electron chi connectivity index (χ0n) is 9.98. The molecule has 1 heterocycles. The van der Waals surface area contributed by atoms with Gasteiger partial charge in [0.1, 0.15) is 5.15 Å². The number of methoxy groups -OCH3 is 1. The summed E-state index contributed by atoms with van der Waals surface area (Å²) in [7, 11) is 1.30. The number of carbonyl (C=O) groups is 1. The summed E-state index contributed by atoms with van der Waals surface area (Å²) in [6.45, 7) is 1.94. The molecule has 0 N–H and O–H groups in total. The molecular formula is C13H11ClN2O2. The lowest BCUT2D eigenvalue weighted by atomic mass is 10.1. The number of hydrogen-bond acceptors (Lipinski definition) is 4. The van der Waals surface area contributed by atoms with Crippen molar-refractivity contribution in [2.24, 2.45) is 0 Å². The van der Waals surface area contributed by atoms with Crippen LogP contribution in [0.25, 0.3) is 11.4 Å². The Hall–Kier alpha value is -1.94. The van der Waals surface area contributed by atoms with Crippen LogP contribution in [0.3, 0.4) is 0 Å². The molecule has 0 amide bonds. The summed E-state index contributed by atoms with van der Waals surface area (Å²) >= 11 is 5.89. The highest BCUT2D eigenvalue weighted by atomic mass is 35.5. The average molecular weight is 263 g/mol. The molecule has 18 heavy (non-hydrogen) atoms. The fraction of sp³-hybridized carbons (Fsp3) is 0.154. The Bertz CT molecular complexity index is 599. The summed E-state index contributed by atoms with van der Waals surface area (Å²) in [5, 5.41) is 0.212. The van der Waals surface area contributed by atoms with E-state index in [0.717, 1.165) is 11.1 Å². The molecule has 2 aromatic rings. The van der Waals surface area contributed by atoms with Crippen LogP contribution in [0.1, 0.15) is 16.1 Å². The van der Waals surface area contributed by atoms with Gasteiger partial charge in [0.15, 0.2) is 11.5 Å². The van der Waals surface area contributed by atoms with Gasteiger partial charge >= 0.3 is 5.97 Å². The number of benzene rings is 1. The number of nitrogens with zero attached hydrogens (tertiary/aromatic N) is 2. The fourth-order valence-electron chi connectivity index (χ4n) is 1.57. The van der Waals surface area contributed by atoms with E-state index in [2.05, 4.69) is 14.7 Å². The first-order valence-corrected chi connectivity index (χ1v) is 5.68. The van der Waals surface area contributed by atoms with E-state index in [1.807, 2.05) is 31.2 Å². The molecule has 0 unspecified atom stereocenters. The van der Waals surface area contributed by atoms with Crippen molar-refractivity contribution in [1.29, 1.82) is 0 Å². The molecule has 5 heteroatoms. The molecule has 0 saturated carbocycles. The van der Waals surface area contributed by atoms with Crippen molar-refractivity contribution >= 4 is 17.6 Å². The molecule has 92 valence electrons. The standard InChI is InChI=1S/C13H11ClN2O2/c1-8-5-3-4-6-9(8)12-15-10(13(17)18-2)7-11(14)16-12/h3-7H,1-2H3. The maximum Gasteiger partial charge on any atom is 0.356 e. The van der Waals surface area contributed by atoms with Crippen LogP contribution in [0, 0.1) is 6.92 Å². The number of aryl methyl sites for hydroxylation is 1. The number of aromatic nitrogens is 2. The largest absolute Gasteiger partial charge is 0.464 e. The van der Waals surface area contributed by atoms with E-state index in [1.54, 1.807) is 0 Å². The van der Waals surface area contributed by atoms with Crippen molar-refractivity contribution in [2.75, 3.05) is 7.11 Å². The van der Waals surface area contributed by atoms with E-state index in [0.29, 0.717) is 5.82 Å². The maximum absolute atomic E-state index is 11.5. The minimum Gasteiger partial charge on any atom is -0.464 e. The molecule has 0 saturated heterocycles. The van der Waals surface area contributed by atoms with Crippen LogP contribution in [0.15, 0.2) is 30.3 Å². The number of halogens is 1. The molecule has 0 spiro atoms. The first-order chi connectivity index (χ1) is 8.61. The van der Waals surface area contributed by atoms with E-state index >= 15 is 0 Å².